The number of morpholine rings is 1. The van der Waals surface area contributed by atoms with Crippen LogP contribution in [0, 0.1) is 6.92 Å². The van der Waals surface area contributed by atoms with Crippen LogP contribution in [-0.4, -0.2) is 60.6 Å². The van der Waals surface area contributed by atoms with Crippen LogP contribution in [0.3, 0.4) is 0 Å². The van der Waals surface area contributed by atoms with E-state index >= 15 is 0 Å². The molecule has 1 fully saturated rings. The fraction of sp³-hybridized carbons (Fsp3) is 0.308. The molecule has 0 saturated carbocycles. The van der Waals surface area contributed by atoms with E-state index in [0.29, 0.717) is 6.54 Å². The third-order valence-electron chi connectivity index (χ3n) is 5.98. The number of amidine groups is 1. The molecular weight excluding hydrogens is 418 g/mol. The Morgan fingerprint density at radius 3 is 2.62 bits per heavy atom. The Morgan fingerprint density at radius 1 is 1.06 bits per heavy atom. The number of benzene rings is 3. The Kier molecular flexibility index (Phi) is 6.14. The minimum Gasteiger partial charge on any atom is -0.378 e. The lowest BCUT2D eigenvalue weighted by Gasteiger charge is -2.28. The van der Waals surface area contributed by atoms with Gasteiger partial charge in [-0.25, -0.2) is 0 Å². The van der Waals surface area contributed by atoms with E-state index in [1.54, 1.807) is 11.8 Å². The monoisotopic (exact) mass is 445 g/mol. The Balaban J connectivity index is 1.45. The number of hydrogen-bond acceptors (Lipinski definition) is 5. The van der Waals surface area contributed by atoms with Crippen molar-refractivity contribution in [1.82, 2.24) is 4.90 Å². The summed E-state index contributed by atoms with van der Waals surface area (Å²) in [6.45, 7) is 5.89. The van der Waals surface area contributed by atoms with E-state index in [2.05, 4.69) is 36.1 Å². The molecule has 164 valence electrons. The summed E-state index contributed by atoms with van der Waals surface area (Å²) in [5.74, 6) is 0.906. The highest BCUT2D eigenvalue weighted by Crippen LogP contribution is 2.27. The van der Waals surface area contributed by atoms with Gasteiger partial charge in [0, 0.05) is 36.6 Å². The van der Waals surface area contributed by atoms with Crippen LogP contribution in [0.2, 0.25) is 0 Å². The summed E-state index contributed by atoms with van der Waals surface area (Å²) in [4.78, 5) is 23.1. The van der Waals surface area contributed by atoms with Crippen LogP contribution >= 0.6 is 11.8 Å². The fourth-order valence-electron chi connectivity index (χ4n) is 4.22. The zero-order valence-corrected chi connectivity index (χ0v) is 19.1. The molecule has 0 aliphatic carbocycles. The van der Waals surface area contributed by atoms with Gasteiger partial charge >= 0.3 is 0 Å². The molecule has 6 heteroatoms. The summed E-state index contributed by atoms with van der Waals surface area (Å²) in [6.07, 6.45) is 0. The summed E-state index contributed by atoms with van der Waals surface area (Å²) < 4.78 is 5.47. The predicted octanol–water partition coefficient (Wildman–Crippen LogP) is 4.60. The normalized spacial score (nSPS) is 18.6. The molecule has 1 amide bonds. The van der Waals surface area contributed by atoms with Gasteiger partial charge in [0.1, 0.15) is 0 Å². The van der Waals surface area contributed by atoms with Gasteiger partial charge in [-0.1, -0.05) is 65.9 Å². The van der Waals surface area contributed by atoms with Crippen molar-refractivity contribution in [3.05, 3.63) is 77.9 Å². The van der Waals surface area contributed by atoms with Crippen molar-refractivity contribution in [2.45, 2.75) is 13.0 Å². The first-order chi connectivity index (χ1) is 15.7. The van der Waals surface area contributed by atoms with Gasteiger partial charge in [0.25, 0.3) is 5.91 Å². The first-order valence-electron chi connectivity index (χ1n) is 11.1. The second-order valence-corrected chi connectivity index (χ2v) is 9.24. The van der Waals surface area contributed by atoms with Crippen molar-refractivity contribution in [2.75, 3.05) is 43.5 Å². The van der Waals surface area contributed by atoms with Gasteiger partial charge in [-0.3, -0.25) is 9.79 Å². The molecule has 0 bridgehead atoms. The number of thioether (sulfide) groups is 1. The van der Waals surface area contributed by atoms with E-state index in [1.807, 2.05) is 47.4 Å². The van der Waals surface area contributed by atoms with Crippen molar-refractivity contribution in [3.63, 3.8) is 0 Å². The molecule has 3 aromatic carbocycles. The number of rotatable bonds is 4. The van der Waals surface area contributed by atoms with Crippen LogP contribution in [0.15, 0.2) is 71.7 Å². The van der Waals surface area contributed by atoms with Crippen LogP contribution in [0.4, 0.5) is 5.69 Å². The number of amides is 1. The number of aliphatic imine (C=N–C) groups is 1. The SMILES string of the molecule is Cc1ccc(N(CC2CSC(N3CCOCC3)=N2)C(=O)c2cccc3ccccc23)cc1. The lowest BCUT2D eigenvalue weighted by molar-refractivity contribution is 0.0693. The number of fused-ring (bicyclic) bond motifs is 1. The second kappa shape index (κ2) is 9.35. The van der Waals surface area contributed by atoms with E-state index in [1.165, 1.54) is 5.56 Å². The molecule has 1 atom stereocenters. The first-order valence-corrected chi connectivity index (χ1v) is 12.1. The molecule has 2 aliphatic rings. The Hall–Kier alpha value is -2.83. The van der Waals surface area contributed by atoms with Crippen molar-refractivity contribution >= 4 is 39.3 Å². The number of aryl methyl sites for hydroxylation is 1. The third kappa shape index (κ3) is 4.38. The molecule has 0 aromatic heterocycles. The fourth-order valence-corrected chi connectivity index (χ4v) is 5.33. The summed E-state index contributed by atoms with van der Waals surface area (Å²) in [7, 11) is 0. The zero-order chi connectivity index (χ0) is 21.9. The maximum absolute atomic E-state index is 13.9. The number of nitrogens with zero attached hydrogens (tertiary/aromatic N) is 3. The first kappa shape index (κ1) is 21.0. The minimum absolute atomic E-state index is 0.0191. The van der Waals surface area contributed by atoms with Gasteiger partial charge in [0.05, 0.1) is 19.3 Å². The number of ether oxygens (including phenoxy) is 1. The molecule has 0 spiro atoms. The van der Waals surface area contributed by atoms with Gasteiger partial charge in [-0.05, 0) is 35.9 Å². The quantitative estimate of drug-likeness (QED) is 0.589. The average molecular weight is 446 g/mol. The Labute approximate surface area is 193 Å². The van der Waals surface area contributed by atoms with Crippen LogP contribution in [0.5, 0.6) is 0 Å². The molecule has 0 radical (unpaired) electrons. The third-order valence-corrected chi connectivity index (χ3v) is 7.16. The molecular formula is C26H27N3O2S. The van der Waals surface area contributed by atoms with Crippen molar-refractivity contribution in [3.8, 4) is 0 Å². The number of carbonyl (C=O) groups is 1. The maximum Gasteiger partial charge on any atom is 0.258 e. The smallest absolute Gasteiger partial charge is 0.258 e. The molecule has 2 aliphatic heterocycles. The number of carbonyl (C=O) groups excluding carboxylic acids is 1. The molecule has 3 aromatic rings. The van der Waals surface area contributed by atoms with Crippen LogP contribution in [0.1, 0.15) is 15.9 Å². The summed E-state index contributed by atoms with van der Waals surface area (Å²) >= 11 is 1.79. The maximum atomic E-state index is 13.9. The molecule has 0 N–H and O–H groups in total. The lowest BCUT2D eigenvalue weighted by Crippen LogP contribution is -2.39. The largest absolute Gasteiger partial charge is 0.378 e. The molecule has 1 saturated heterocycles. The second-order valence-electron chi connectivity index (χ2n) is 8.25. The van der Waals surface area contributed by atoms with Crippen LogP contribution < -0.4 is 4.90 Å². The summed E-state index contributed by atoms with van der Waals surface area (Å²) in [5.41, 5.74) is 2.82. The van der Waals surface area contributed by atoms with Crippen molar-refractivity contribution in [2.24, 2.45) is 4.99 Å². The van der Waals surface area contributed by atoms with E-state index in [9.17, 15) is 4.79 Å². The van der Waals surface area contributed by atoms with Gasteiger partial charge in [-0.15, -0.1) is 0 Å². The molecule has 1 unspecified atom stereocenters. The van der Waals surface area contributed by atoms with Crippen molar-refractivity contribution in [1.29, 1.82) is 0 Å². The molecule has 32 heavy (non-hydrogen) atoms. The zero-order valence-electron chi connectivity index (χ0n) is 18.2. The van der Waals surface area contributed by atoms with Crippen molar-refractivity contribution < 1.29 is 9.53 Å². The van der Waals surface area contributed by atoms with E-state index in [4.69, 9.17) is 9.73 Å². The highest BCUT2D eigenvalue weighted by molar-refractivity contribution is 8.14. The van der Waals surface area contributed by atoms with Crippen LogP contribution in [-0.2, 0) is 4.74 Å². The number of anilines is 1. The lowest BCUT2D eigenvalue weighted by atomic mass is 10.0. The van der Waals surface area contributed by atoms with Gasteiger partial charge in [-0.2, -0.15) is 0 Å². The Morgan fingerprint density at radius 2 is 1.81 bits per heavy atom. The average Bonchev–Trinajstić information content (AvgIpc) is 3.32. The Bertz CT molecular complexity index is 1130. The van der Waals surface area contributed by atoms with Gasteiger partial charge in [0.15, 0.2) is 5.17 Å². The summed E-state index contributed by atoms with van der Waals surface area (Å²) in [6, 6.07) is 22.3. The minimum atomic E-state index is 0.0191. The standard InChI is InChI=1S/C26H27N3O2S/c1-19-9-11-22(12-10-19)29(17-21-18-32-26(27-21)28-13-15-31-16-14-28)25(30)24-8-4-6-20-5-2-3-7-23(20)24/h2-12,21H,13-18H2,1H3. The molecule has 2 heterocycles. The van der Waals surface area contributed by atoms with Gasteiger partial charge < -0.3 is 14.5 Å². The molecule has 5 rings (SSSR count). The van der Waals surface area contributed by atoms with Gasteiger partial charge in [0.2, 0.25) is 0 Å². The van der Waals surface area contributed by atoms with E-state index < -0.39 is 0 Å². The van der Waals surface area contributed by atoms with E-state index in [0.717, 1.165) is 59.2 Å². The number of hydrogen-bond donors (Lipinski definition) is 0. The van der Waals surface area contributed by atoms with Crippen LogP contribution in [0.25, 0.3) is 10.8 Å². The molecule has 5 nitrogen and oxygen atoms in total. The topological polar surface area (TPSA) is 45.1 Å². The van der Waals surface area contributed by atoms with E-state index in [-0.39, 0.29) is 11.9 Å². The summed E-state index contributed by atoms with van der Waals surface area (Å²) in [5, 5.41) is 3.14. The highest BCUT2D eigenvalue weighted by Gasteiger charge is 2.28. The highest BCUT2D eigenvalue weighted by atomic mass is 32.2. The predicted molar refractivity (Wildman–Crippen MR) is 133 cm³/mol.